The van der Waals surface area contributed by atoms with Crippen LogP contribution >= 0.6 is 11.6 Å². The molecule has 6 rings (SSSR count). The van der Waals surface area contributed by atoms with Crippen LogP contribution in [0.1, 0.15) is 47.7 Å². The molecule has 1 aliphatic heterocycles. The lowest BCUT2D eigenvalue weighted by Gasteiger charge is -2.32. The van der Waals surface area contributed by atoms with Crippen LogP contribution < -0.4 is 15.5 Å². The Bertz CT molecular complexity index is 1320. The van der Waals surface area contributed by atoms with Crippen LogP contribution in [0.15, 0.2) is 48.7 Å². The van der Waals surface area contributed by atoms with Gasteiger partial charge in [0.2, 0.25) is 5.95 Å². The molecule has 0 radical (unpaired) electrons. The monoisotopic (exact) mass is 476 g/mol. The summed E-state index contributed by atoms with van der Waals surface area (Å²) < 4.78 is 1.84. The Hall–Kier alpha value is -3.59. The smallest absolute Gasteiger partial charge is 0.251 e. The number of carbonyl (C=O) groups is 1. The number of rotatable bonds is 6. The van der Waals surface area contributed by atoms with Gasteiger partial charge in [0.15, 0.2) is 5.82 Å². The number of hydrogen-bond donors (Lipinski definition) is 3. The van der Waals surface area contributed by atoms with E-state index in [9.17, 15) is 4.79 Å². The summed E-state index contributed by atoms with van der Waals surface area (Å²) in [5.74, 6) is 2.74. The molecule has 34 heavy (non-hydrogen) atoms. The van der Waals surface area contributed by atoms with Crippen molar-refractivity contribution in [1.82, 2.24) is 30.1 Å². The molecule has 0 bridgehead atoms. The van der Waals surface area contributed by atoms with Gasteiger partial charge in [0, 0.05) is 47.9 Å². The Labute approximate surface area is 201 Å². The van der Waals surface area contributed by atoms with E-state index in [2.05, 4.69) is 31.8 Å². The van der Waals surface area contributed by atoms with Gasteiger partial charge in [0.25, 0.3) is 5.91 Å². The summed E-state index contributed by atoms with van der Waals surface area (Å²) in [6, 6.07) is 13.1. The van der Waals surface area contributed by atoms with Gasteiger partial charge < -0.3 is 15.5 Å². The van der Waals surface area contributed by atoms with Crippen molar-refractivity contribution in [3.63, 3.8) is 0 Å². The number of aromatic nitrogens is 5. The first kappa shape index (κ1) is 21.0. The molecule has 1 amide bonds. The summed E-state index contributed by atoms with van der Waals surface area (Å²) in [6.45, 7) is 1.52. The van der Waals surface area contributed by atoms with Crippen LogP contribution in [0.25, 0.3) is 5.52 Å². The Kier molecular flexibility index (Phi) is 5.33. The molecule has 1 saturated carbocycles. The number of nitrogens with one attached hydrogen (secondary N) is 3. The number of carbonyl (C=O) groups excluding carboxylic acids is 1. The summed E-state index contributed by atoms with van der Waals surface area (Å²) in [6.07, 6.45) is 5.98. The molecule has 9 nitrogen and oxygen atoms in total. The molecule has 3 N–H and O–H groups in total. The topological polar surface area (TPSA) is 103 Å². The summed E-state index contributed by atoms with van der Waals surface area (Å²) in [5.41, 5.74) is 2.62. The first-order chi connectivity index (χ1) is 16.6. The van der Waals surface area contributed by atoms with Gasteiger partial charge in [-0.2, -0.15) is 10.1 Å². The van der Waals surface area contributed by atoms with Gasteiger partial charge in [-0.1, -0.05) is 11.6 Å². The quantitative estimate of drug-likeness (QED) is 0.386. The molecule has 2 aliphatic rings. The molecule has 174 valence electrons. The standard InChI is InChI=1S/C24H25ClN8O/c25-17-7-5-16(6-8-17)23(34)26-18-9-12-32(13-10-18)24-28-22(20-2-1-11-33(20)31-24)27-21-14-19(29-30-21)15-3-4-15/h1-2,5-8,11,14-15,18H,3-4,9-10,12-13H2,(H,26,34)(H2,27,28,29,30,31). The third-order valence-corrected chi connectivity index (χ3v) is 6.70. The van der Waals surface area contributed by atoms with Crippen molar-refractivity contribution in [1.29, 1.82) is 0 Å². The molecule has 0 unspecified atom stereocenters. The van der Waals surface area contributed by atoms with Crippen molar-refractivity contribution in [3.05, 3.63) is 64.9 Å². The number of halogens is 1. The van der Waals surface area contributed by atoms with E-state index < -0.39 is 0 Å². The average Bonchev–Trinajstić information content (AvgIpc) is 3.40. The number of piperidine rings is 1. The Morgan fingerprint density at radius 3 is 2.65 bits per heavy atom. The molecule has 3 aromatic heterocycles. The fourth-order valence-electron chi connectivity index (χ4n) is 4.36. The highest BCUT2D eigenvalue weighted by Gasteiger charge is 2.27. The number of hydrogen-bond acceptors (Lipinski definition) is 6. The van der Waals surface area contributed by atoms with Crippen molar-refractivity contribution in [2.75, 3.05) is 23.3 Å². The van der Waals surface area contributed by atoms with E-state index in [1.54, 1.807) is 24.3 Å². The maximum absolute atomic E-state index is 12.5. The lowest BCUT2D eigenvalue weighted by Crippen LogP contribution is -2.45. The van der Waals surface area contributed by atoms with E-state index in [1.165, 1.54) is 12.8 Å². The second kappa shape index (κ2) is 8.64. The van der Waals surface area contributed by atoms with E-state index >= 15 is 0 Å². The van der Waals surface area contributed by atoms with E-state index in [0.717, 1.165) is 48.8 Å². The van der Waals surface area contributed by atoms with Gasteiger partial charge in [-0.05, 0) is 62.1 Å². The Morgan fingerprint density at radius 1 is 1.09 bits per heavy atom. The van der Waals surface area contributed by atoms with Crippen LogP contribution in [0, 0.1) is 0 Å². The number of anilines is 3. The largest absolute Gasteiger partial charge is 0.349 e. The normalized spacial score (nSPS) is 16.7. The van der Waals surface area contributed by atoms with E-state index in [-0.39, 0.29) is 11.9 Å². The Morgan fingerprint density at radius 2 is 1.88 bits per heavy atom. The number of fused-ring (bicyclic) bond motifs is 1. The van der Waals surface area contributed by atoms with Crippen molar-refractivity contribution in [2.45, 2.75) is 37.6 Å². The Balaban J connectivity index is 1.14. The van der Waals surface area contributed by atoms with E-state index in [0.29, 0.717) is 22.5 Å². The summed E-state index contributed by atoms with van der Waals surface area (Å²) in [7, 11) is 0. The molecule has 0 spiro atoms. The minimum atomic E-state index is -0.0725. The summed E-state index contributed by atoms with van der Waals surface area (Å²) in [4.78, 5) is 19.5. The van der Waals surface area contributed by atoms with Gasteiger partial charge in [-0.3, -0.25) is 9.89 Å². The van der Waals surface area contributed by atoms with E-state index in [1.807, 2.05) is 22.8 Å². The zero-order chi connectivity index (χ0) is 23.1. The predicted molar refractivity (Wildman–Crippen MR) is 131 cm³/mol. The number of nitrogens with zero attached hydrogens (tertiary/aromatic N) is 5. The number of amides is 1. The van der Waals surface area contributed by atoms with Crippen molar-refractivity contribution >= 4 is 40.6 Å². The zero-order valence-electron chi connectivity index (χ0n) is 18.5. The second-order valence-electron chi connectivity index (χ2n) is 8.95. The number of H-pyrrole nitrogens is 1. The first-order valence-corrected chi connectivity index (χ1v) is 12.0. The lowest BCUT2D eigenvalue weighted by atomic mass is 10.0. The van der Waals surface area contributed by atoms with Crippen LogP contribution in [0.5, 0.6) is 0 Å². The van der Waals surface area contributed by atoms with Crippen LogP contribution in [0.3, 0.4) is 0 Å². The summed E-state index contributed by atoms with van der Waals surface area (Å²) in [5, 5.41) is 19.4. The summed E-state index contributed by atoms with van der Waals surface area (Å²) >= 11 is 5.92. The van der Waals surface area contributed by atoms with Gasteiger partial charge >= 0.3 is 0 Å². The van der Waals surface area contributed by atoms with Crippen LogP contribution in [0.2, 0.25) is 5.02 Å². The van der Waals surface area contributed by atoms with Crippen LogP contribution in [0.4, 0.5) is 17.6 Å². The maximum Gasteiger partial charge on any atom is 0.251 e. The predicted octanol–water partition coefficient (Wildman–Crippen LogP) is 4.13. The number of aromatic amines is 1. The van der Waals surface area contributed by atoms with Crippen molar-refractivity contribution in [2.24, 2.45) is 0 Å². The average molecular weight is 477 g/mol. The van der Waals surface area contributed by atoms with Crippen LogP contribution in [-0.4, -0.2) is 49.8 Å². The molecule has 4 heterocycles. The van der Waals surface area contributed by atoms with Gasteiger partial charge in [0.05, 0.1) is 5.69 Å². The van der Waals surface area contributed by atoms with E-state index in [4.69, 9.17) is 21.7 Å². The first-order valence-electron chi connectivity index (χ1n) is 11.6. The fourth-order valence-corrected chi connectivity index (χ4v) is 4.49. The molecular formula is C24H25ClN8O. The van der Waals surface area contributed by atoms with Gasteiger partial charge in [-0.25, -0.2) is 4.52 Å². The highest BCUT2D eigenvalue weighted by atomic mass is 35.5. The van der Waals surface area contributed by atoms with Gasteiger partial charge in [0.1, 0.15) is 11.3 Å². The highest BCUT2D eigenvalue weighted by Crippen LogP contribution is 2.39. The third-order valence-electron chi connectivity index (χ3n) is 6.45. The maximum atomic E-state index is 12.5. The SMILES string of the molecule is O=C(NC1CCN(c2nc(Nc3cc(C4CC4)n[nH]3)c3cccn3n2)CC1)c1ccc(Cl)cc1. The molecule has 4 aromatic rings. The molecule has 2 fully saturated rings. The molecule has 1 saturated heterocycles. The van der Waals surface area contributed by atoms with Crippen LogP contribution in [-0.2, 0) is 0 Å². The lowest BCUT2D eigenvalue weighted by molar-refractivity contribution is 0.0931. The highest BCUT2D eigenvalue weighted by molar-refractivity contribution is 6.30. The molecular weight excluding hydrogens is 452 g/mol. The zero-order valence-corrected chi connectivity index (χ0v) is 19.3. The van der Waals surface area contributed by atoms with Crippen molar-refractivity contribution < 1.29 is 4.79 Å². The molecule has 10 heteroatoms. The second-order valence-corrected chi connectivity index (χ2v) is 9.38. The number of benzene rings is 1. The molecule has 1 aliphatic carbocycles. The van der Waals surface area contributed by atoms with Gasteiger partial charge in [-0.15, -0.1) is 5.10 Å². The fraction of sp³-hybridized carbons (Fsp3) is 0.333. The van der Waals surface area contributed by atoms with Crippen molar-refractivity contribution in [3.8, 4) is 0 Å². The molecule has 0 atom stereocenters. The third kappa shape index (κ3) is 4.31. The minimum absolute atomic E-state index is 0.0725. The molecule has 1 aromatic carbocycles. The minimum Gasteiger partial charge on any atom is -0.349 e.